The molecule has 0 saturated heterocycles. The molecule has 0 aromatic carbocycles. The van der Waals surface area contributed by atoms with Crippen LogP contribution in [-0.2, 0) is 14.4 Å². The zero-order chi connectivity index (χ0) is 15.7. The van der Waals surface area contributed by atoms with E-state index in [1.807, 2.05) is 0 Å². The summed E-state index contributed by atoms with van der Waals surface area (Å²) in [5.41, 5.74) is 4.80. The Morgan fingerprint density at radius 2 is 1.50 bits per heavy atom. The summed E-state index contributed by atoms with van der Waals surface area (Å²) in [7, 11) is 0. The van der Waals surface area contributed by atoms with Gasteiger partial charge in [0.15, 0.2) is 0 Å². The van der Waals surface area contributed by atoms with Crippen molar-refractivity contribution in [1.29, 1.82) is 0 Å². The number of rotatable bonds is 6. The summed E-state index contributed by atoms with van der Waals surface area (Å²) >= 11 is 0. The Morgan fingerprint density at radius 1 is 0.955 bits per heavy atom. The second kappa shape index (κ2) is 5.89. The van der Waals surface area contributed by atoms with Crippen molar-refractivity contribution in [3.8, 4) is 0 Å². The van der Waals surface area contributed by atoms with Crippen LogP contribution in [0.5, 0.6) is 0 Å². The van der Waals surface area contributed by atoms with Gasteiger partial charge in [0.25, 0.3) is 0 Å². The van der Waals surface area contributed by atoms with Crippen molar-refractivity contribution in [3.63, 3.8) is 0 Å². The van der Waals surface area contributed by atoms with Gasteiger partial charge in [0.2, 0.25) is 17.7 Å². The summed E-state index contributed by atoms with van der Waals surface area (Å²) in [4.78, 5) is 34.7. The van der Waals surface area contributed by atoms with Gasteiger partial charge in [-0.1, -0.05) is 0 Å². The Bertz CT molecular complexity index is 454. The van der Waals surface area contributed by atoms with Crippen molar-refractivity contribution in [2.45, 2.75) is 44.9 Å². The second-order valence-corrected chi connectivity index (χ2v) is 7.45. The van der Waals surface area contributed by atoms with Crippen molar-refractivity contribution < 1.29 is 14.4 Å². The van der Waals surface area contributed by atoms with Crippen LogP contribution in [0.1, 0.15) is 44.9 Å². The lowest BCUT2D eigenvalue weighted by Gasteiger charge is -2.55. The molecule has 4 saturated carbocycles. The molecule has 0 radical (unpaired) electrons. The number of carbonyl (C=O) groups is 3. The predicted molar refractivity (Wildman–Crippen MR) is 80.4 cm³/mol. The van der Waals surface area contributed by atoms with Crippen molar-refractivity contribution in [2.24, 2.45) is 28.9 Å². The lowest BCUT2D eigenvalue weighted by atomic mass is 9.49. The predicted octanol–water partition coefficient (Wildman–Crippen LogP) is 0.311. The van der Waals surface area contributed by atoms with Gasteiger partial charge in [-0.3, -0.25) is 14.4 Å². The largest absolute Gasteiger partial charge is 0.368 e. The summed E-state index contributed by atoms with van der Waals surface area (Å²) in [6.07, 6.45) is 7.19. The first kappa shape index (κ1) is 15.3. The van der Waals surface area contributed by atoms with Crippen molar-refractivity contribution in [1.82, 2.24) is 10.6 Å². The van der Waals surface area contributed by atoms with E-state index in [2.05, 4.69) is 10.6 Å². The first-order valence-corrected chi connectivity index (χ1v) is 8.30. The molecule has 0 unspecified atom stereocenters. The van der Waals surface area contributed by atoms with E-state index >= 15 is 0 Å². The summed E-state index contributed by atoms with van der Waals surface area (Å²) < 4.78 is 0. The highest BCUT2D eigenvalue weighted by atomic mass is 16.2. The maximum Gasteiger partial charge on any atom is 0.236 e. The smallest absolute Gasteiger partial charge is 0.236 e. The van der Waals surface area contributed by atoms with Crippen LogP contribution in [0.2, 0.25) is 0 Å². The molecule has 0 heterocycles. The molecule has 0 spiro atoms. The number of amides is 3. The van der Waals surface area contributed by atoms with E-state index in [1.54, 1.807) is 0 Å². The van der Waals surface area contributed by atoms with E-state index in [0.717, 1.165) is 37.0 Å². The molecule has 4 aliphatic carbocycles. The number of carbonyl (C=O) groups excluding carboxylic acids is 3. The van der Waals surface area contributed by atoms with Gasteiger partial charge in [0, 0.05) is 18.4 Å². The van der Waals surface area contributed by atoms with E-state index in [9.17, 15) is 14.4 Å². The quantitative estimate of drug-likeness (QED) is 0.658. The fraction of sp³-hybridized carbons (Fsp3) is 0.812. The molecule has 0 aliphatic heterocycles. The maximum absolute atomic E-state index is 12.6. The van der Waals surface area contributed by atoms with Gasteiger partial charge in [-0.2, -0.15) is 0 Å². The minimum absolute atomic E-state index is 0.134. The summed E-state index contributed by atoms with van der Waals surface area (Å²) in [6.45, 7) is 0.174. The van der Waals surface area contributed by atoms with Crippen LogP contribution in [0.15, 0.2) is 0 Å². The van der Waals surface area contributed by atoms with Crippen LogP contribution in [0, 0.1) is 23.2 Å². The molecular formula is C16H25N3O3. The van der Waals surface area contributed by atoms with Gasteiger partial charge in [0.05, 0.1) is 6.54 Å². The van der Waals surface area contributed by atoms with Gasteiger partial charge in [0.1, 0.15) is 0 Å². The Balaban J connectivity index is 1.46. The van der Waals surface area contributed by atoms with Crippen LogP contribution in [-0.4, -0.2) is 30.8 Å². The molecule has 0 aromatic rings. The highest BCUT2D eigenvalue weighted by Crippen LogP contribution is 2.60. The summed E-state index contributed by atoms with van der Waals surface area (Å²) in [5, 5.41) is 5.37. The SMILES string of the molecule is NC(=O)CNC(=O)CCNC(=O)C12CC3CC(CC(C3)C1)C2. The van der Waals surface area contributed by atoms with Crippen LogP contribution in [0.4, 0.5) is 0 Å². The standard InChI is InChI=1S/C16H25N3O3/c17-13(20)9-19-14(21)1-2-18-15(22)16-6-10-3-11(7-16)5-12(4-10)8-16/h10-12H,1-9H2,(H2,17,20)(H,18,22)(H,19,21). The first-order chi connectivity index (χ1) is 10.5. The molecule has 6 heteroatoms. The average Bonchev–Trinajstić information content (AvgIpc) is 2.43. The molecule has 22 heavy (non-hydrogen) atoms. The monoisotopic (exact) mass is 307 g/mol. The number of hydrogen-bond donors (Lipinski definition) is 3. The Morgan fingerprint density at radius 3 is 2.00 bits per heavy atom. The lowest BCUT2D eigenvalue weighted by Crippen LogP contribution is -2.53. The first-order valence-electron chi connectivity index (χ1n) is 8.30. The third-order valence-corrected chi connectivity index (χ3v) is 5.62. The highest BCUT2D eigenvalue weighted by molar-refractivity contribution is 5.85. The van der Waals surface area contributed by atoms with E-state index in [4.69, 9.17) is 5.73 Å². The molecule has 4 rings (SSSR count). The molecule has 6 nitrogen and oxygen atoms in total. The number of primary amides is 1. The molecule has 4 aliphatic rings. The maximum atomic E-state index is 12.6. The Hall–Kier alpha value is -1.59. The lowest BCUT2D eigenvalue weighted by molar-refractivity contribution is -0.146. The molecule has 4 bridgehead atoms. The van der Waals surface area contributed by atoms with Gasteiger partial charge in [-0.05, 0) is 56.3 Å². The van der Waals surface area contributed by atoms with Crippen LogP contribution in [0.25, 0.3) is 0 Å². The highest BCUT2D eigenvalue weighted by Gasteiger charge is 2.54. The molecule has 3 amide bonds. The summed E-state index contributed by atoms with van der Waals surface area (Å²) in [5.74, 6) is 1.51. The number of nitrogens with one attached hydrogen (secondary N) is 2. The molecule has 0 aromatic heterocycles. The molecule has 122 valence electrons. The normalized spacial score (nSPS) is 35.2. The van der Waals surface area contributed by atoms with Gasteiger partial charge < -0.3 is 16.4 Å². The topological polar surface area (TPSA) is 101 Å². The van der Waals surface area contributed by atoms with E-state index in [0.29, 0.717) is 6.54 Å². The van der Waals surface area contributed by atoms with Crippen molar-refractivity contribution in [3.05, 3.63) is 0 Å². The minimum atomic E-state index is -0.564. The average molecular weight is 307 g/mol. The van der Waals surface area contributed by atoms with Gasteiger partial charge in [-0.25, -0.2) is 0 Å². The molecular weight excluding hydrogens is 282 g/mol. The van der Waals surface area contributed by atoms with Crippen LogP contribution >= 0.6 is 0 Å². The second-order valence-electron chi connectivity index (χ2n) is 7.45. The van der Waals surface area contributed by atoms with E-state index < -0.39 is 5.91 Å². The Kier molecular flexibility index (Phi) is 4.10. The third-order valence-electron chi connectivity index (χ3n) is 5.62. The van der Waals surface area contributed by atoms with E-state index in [1.165, 1.54) is 19.3 Å². The van der Waals surface area contributed by atoms with Crippen molar-refractivity contribution >= 4 is 17.7 Å². The Labute approximate surface area is 130 Å². The van der Waals surface area contributed by atoms with Gasteiger partial charge in [-0.15, -0.1) is 0 Å². The van der Waals surface area contributed by atoms with Gasteiger partial charge >= 0.3 is 0 Å². The fourth-order valence-corrected chi connectivity index (χ4v) is 5.14. The zero-order valence-electron chi connectivity index (χ0n) is 12.9. The fourth-order valence-electron chi connectivity index (χ4n) is 5.14. The van der Waals surface area contributed by atoms with E-state index in [-0.39, 0.29) is 30.2 Å². The summed E-state index contributed by atoms with van der Waals surface area (Å²) in [6, 6.07) is 0. The minimum Gasteiger partial charge on any atom is -0.368 e. The third kappa shape index (κ3) is 3.10. The number of hydrogen-bond acceptors (Lipinski definition) is 3. The van der Waals surface area contributed by atoms with Crippen molar-refractivity contribution in [2.75, 3.05) is 13.1 Å². The van der Waals surface area contributed by atoms with Crippen LogP contribution in [0.3, 0.4) is 0 Å². The number of nitrogens with two attached hydrogens (primary N) is 1. The molecule has 4 fully saturated rings. The zero-order valence-corrected chi connectivity index (χ0v) is 12.9. The van der Waals surface area contributed by atoms with Crippen LogP contribution < -0.4 is 16.4 Å². The molecule has 0 atom stereocenters. The molecule has 4 N–H and O–H groups in total.